The molecule has 92 valence electrons. The lowest BCUT2D eigenvalue weighted by atomic mass is 10.2. The highest BCUT2D eigenvalue weighted by atomic mass is 32.2. The molecule has 0 saturated heterocycles. The van der Waals surface area contributed by atoms with Crippen LogP contribution >= 0.6 is 0 Å². The van der Waals surface area contributed by atoms with Crippen LogP contribution in [0.5, 0.6) is 0 Å². The first-order valence-corrected chi connectivity index (χ1v) is 7.30. The van der Waals surface area contributed by atoms with E-state index in [1.165, 1.54) is 5.56 Å². The largest absolute Gasteiger partial charge is 0.309 e. The van der Waals surface area contributed by atoms with Crippen molar-refractivity contribution in [2.75, 3.05) is 12.0 Å². The molecular formula is C11H21N3OS. The summed E-state index contributed by atoms with van der Waals surface area (Å²) in [7, 11) is 1.20. The first kappa shape index (κ1) is 13.4. The van der Waals surface area contributed by atoms with Gasteiger partial charge in [0.15, 0.2) is 0 Å². The highest BCUT2D eigenvalue weighted by Crippen LogP contribution is 2.06. The molecule has 0 fully saturated rings. The van der Waals surface area contributed by atoms with E-state index in [0.29, 0.717) is 5.75 Å². The van der Waals surface area contributed by atoms with Gasteiger partial charge in [0.2, 0.25) is 0 Å². The second-order valence-electron chi connectivity index (χ2n) is 4.15. The summed E-state index contributed by atoms with van der Waals surface area (Å²) in [6.07, 6.45) is 4.73. The van der Waals surface area contributed by atoms with Crippen LogP contribution < -0.4 is 5.32 Å². The molecule has 1 rings (SSSR count). The summed E-state index contributed by atoms with van der Waals surface area (Å²) < 4.78 is 12.9. The van der Waals surface area contributed by atoms with Gasteiger partial charge in [-0.3, -0.25) is 8.89 Å². The molecule has 0 spiro atoms. The molecule has 0 aliphatic rings. The van der Waals surface area contributed by atoms with Gasteiger partial charge in [-0.2, -0.15) is 5.10 Å². The first-order chi connectivity index (χ1) is 7.52. The first-order valence-electron chi connectivity index (χ1n) is 5.57. The topological polar surface area (TPSA) is 46.9 Å². The fraction of sp³-hybridized carbons (Fsp3) is 0.727. The van der Waals surface area contributed by atoms with E-state index < -0.39 is 10.8 Å². The summed E-state index contributed by atoms with van der Waals surface area (Å²) in [4.78, 5) is 0. The molecule has 1 heterocycles. The molecule has 16 heavy (non-hydrogen) atoms. The zero-order chi connectivity index (χ0) is 12.1. The van der Waals surface area contributed by atoms with Crippen molar-refractivity contribution in [3.63, 3.8) is 0 Å². The van der Waals surface area contributed by atoms with Gasteiger partial charge >= 0.3 is 0 Å². The fourth-order valence-corrected chi connectivity index (χ4v) is 2.55. The molecule has 0 bridgehead atoms. The van der Waals surface area contributed by atoms with Crippen LogP contribution in [0.15, 0.2) is 6.20 Å². The number of nitrogens with one attached hydrogen (secondary N) is 1. The Kier molecular flexibility index (Phi) is 5.15. The SMILES string of the molecule is CCc1nn(C)cc1CNC(C)CS(C)=O. The maximum absolute atomic E-state index is 11.0. The molecule has 0 aliphatic heterocycles. The average Bonchev–Trinajstić information content (AvgIpc) is 2.55. The zero-order valence-corrected chi connectivity index (χ0v) is 11.3. The second-order valence-corrected chi connectivity index (χ2v) is 5.63. The van der Waals surface area contributed by atoms with Crippen LogP contribution in [-0.4, -0.2) is 32.0 Å². The zero-order valence-electron chi connectivity index (χ0n) is 10.5. The van der Waals surface area contributed by atoms with Gasteiger partial charge in [0.25, 0.3) is 0 Å². The summed E-state index contributed by atoms with van der Waals surface area (Å²) in [6.45, 7) is 4.97. The predicted octanol–water partition coefficient (Wildman–Crippen LogP) is 0.839. The average molecular weight is 243 g/mol. The van der Waals surface area contributed by atoms with E-state index in [9.17, 15) is 4.21 Å². The Morgan fingerprint density at radius 2 is 2.31 bits per heavy atom. The number of aromatic nitrogens is 2. The molecule has 2 unspecified atom stereocenters. The molecule has 1 aromatic heterocycles. The van der Waals surface area contributed by atoms with E-state index in [1.807, 2.05) is 17.9 Å². The van der Waals surface area contributed by atoms with Gasteiger partial charge < -0.3 is 5.32 Å². The molecule has 1 N–H and O–H groups in total. The molecule has 4 nitrogen and oxygen atoms in total. The highest BCUT2D eigenvalue weighted by molar-refractivity contribution is 7.84. The summed E-state index contributed by atoms with van der Waals surface area (Å²) in [5, 5.41) is 7.76. The number of aryl methyl sites for hydroxylation is 2. The summed E-state index contributed by atoms with van der Waals surface area (Å²) in [5.74, 6) is 0.696. The van der Waals surface area contributed by atoms with Crippen LogP contribution in [0.4, 0.5) is 0 Å². The third-order valence-corrected chi connectivity index (χ3v) is 3.42. The van der Waals surface area contributed by atoms with E-state index in [4.69, 9.17) is 0 Å². The van der Waals surface area contributed by atoms with Gasteiger partial charge in [-0.1, -0.05) is 6.92 Å². The lowest BCUT2D eigenvalue weighted by Gasteiger charge is -2.11. The summed E-state index contributed by atoms with van der Waals surface area (Å²) in [5.41, 5.74) is 2.37. The van der Waals surface area contributed by atoms with E-state index >= 15 is 0 Å². The van der Waals surface area contributed by atoms with Crippen molar-refractivity contribution in [1.82, 2.24) is 15.1 Å². The van der Waals surface area contributed by atoms with Crippen molar-refractivity contribution in [2.24, 2.45) is 7.05 Å². The maximum Gasteiger partial charge on any atom is 0.0666 e. The lowest BCUT2D eigenvalue weighted by molar-refractivity contribution is 0.585. The van der Waals surface area contributed by atoms with Crippen LogP contribution in [-0.2, 0) is 30.8 Å². The standard InChI is InChI=1S/C11H21N3OS/c1-5-11-10(7-14(3)13-11)6-12-9(2)8-16(4)15/h7,9,12H,5-6,8H2,1-4H3. The van der Waals surface area contributed by atoms with Crippen molar-refractivity contribution in [2.45, 2.75) is 32.9 Å². The van der Waals surface area contributed by atoms with E-state index in [1.54, 1.807) is 6.26 Å². The van der Waals surface area contributed by atoms with Crippen molar-refractivity contribution in [3.05, 3.63) is 17.5 Å². The Balaban J connectivity index is 2.50. The Morgan fingerprint density at radius 3 is 2.88 bits per heavy atom. The Labute approximate surface area is 99.9 Å². The van der Waals surface area contributed by atoms with Crippen LogP contribution in [0, 0.1) is 0 Å². The van der Waals surface area contributed by atoms with E-state index in [0.717, 1.165) is 18.7 Å². The minimum Gasteiger partial charge on any atom is -0.309 e. The molecule has 0 radical (unpaired) electrons. The van der Waals surface area contributed by atoms with Crippen molar-refractivity contribution in [1.29, 1.82) is 0 Å². The minimum atomic E-state index is -0.739. The molecular weight excluding hydrogens is 222 g/mol. The number of nitrogens with zero attached hydrogens (tertiary/aromatic N) is 2. The third-order valence-electron chi connectivity index (χ3n) is 2.45. The molecule has 0 aromatic carbocycles. The van der Waals surface area contributed by atoms with E-state index in [-0.39, 0.29) is 6.04 Å². The van der Waals surface area contributed by atoms with Gasteiger partial charge in [-0.15, -0.1) is 0 Å². The molecule has 5 heteroatoms. The molecule has 1 aromatic rings. The van der Waals surface area contributed by atoms with Gasteiger partial charge in [-0.05, 0) is 13.3 Å². The Bertz CT molecular complexity index is 362. The third kappa shape index (κ3) is 4.06. The Hall–Kier alpha value is -0.680. The van der Waals surface area contributed by atoms with Crippen LogP contribution in [0.3, 0.4) is 0 Å². The van der Waals surface area contributed by atoms with Gasteiger partial charge in [0.05, 0.1) is 5.69 Å². The second kappa shape index (κ2) is 6.15. The lowest BCUT2D eigenvalue weighted by Crippen LogP contribution is -2.30. The summed E-state index contributed by atoms with van der Waals surface area (Å²) >= 11 is 0. The van der Waals surface area contributed by atoms with Gasteiger partial charge in [0.1, 0.15) is 0 Å². The normalized spacial score (nSPS) is 15.0. The Morgan fingerprint density at radius 1 is 1.62 bits per heavy atom. The highest BCUT2D eigenvalue weighted by Gasteiger charge is 2.08. The quantitative estimate of drug-likeness (QED) is 0.805. The number of hydrogen-bond donors (Lipinski definition) is 1. The predicted molar refractivity (Wildman–Crippen MR) is 67.8 cm³/mol. The van der Waals surface area contributed by atoms with Crippen molar-refractivity contribution >= 4 is 10.8 Å². The smallest absolute Gasteiger partial charge is 0.0666 e. The van der Waals surface area contributed by atoms with Crippen molar-refractivity contribution < 1.29 is 4.21 Å². The maximum atomic E-state index is 11.0. The number of rotatable bonds is 6. The van der Waals surface area contributed by atoms with Crippen LogP contribution in [0.25, 0.3) is 0 Å². The fourth-order valence-electron chi connectivity index (χ4n) is 1.72. The molecule has 0 amide bonds. The van der Waals surface area contributed by atoms with Crippen LogP contribution in [0.1, 0.15) is 25.1 Å². The van der Waals surface area contributed by atoms with E-state index in [2.05, 4.69) is 24.3 Å². The van der Waals surface area contributed by atoms with Gasteiger partial charge in [-0.25, -0.2) is 0 Å². The van der Waals surface area contributed by atoms with Crippen molar-refractivity contribution in [3.8, 4) is 0 Å². The molecule has 0 saturated carbocycles. The van der Waals surface area contributed by atoms with Crippen LogP contribution in [0.2, 0.25) is 0 Å². The summed E-state index contributed by atoms with van der Waals surface area (Å²) in [6, 6.07) is 0.274. The molecule has 0 aliphatic carbocycles. The number of hydrogen-bond acceptors (Lipinski definition) is 3. The monoisotopic (exact) mass is 243 g/mol. The van der Waals surface area contributed by atoms with Gasteiger partial charge in [0, 0.05) is 54.2 Å². The molecule has 2 atom stereocenters. The minimum absolute atomic E-state index is 0.274.